The van der Waals surface area contributed by atoms with Crippen LogP contribution in [0.5, 0.6) is 5.75 Å². The van der Waals surface area contributed by atoms with Crippen LogP contribution in [0.2, 0.25) is 0 Å². The van der Waals surface area contributed by atoms with E-state index < -0.39 is 0 Å². The summed E-state index contributed by atoms with van der Waals surface area (Å²) in [6.07, 6.45) is 7.03. The molecule has 2 aromatic heterocycles. The third kappa shape index (κ3) is 3.46. The van der Waals surface area contributed by atoms with E-state index in [1.807, 2.05) is 47.4 Å². The van der Waals surface area contributed by atoms with Crippen LogP contribution in [0.15, 0.2) is 67.3 Å². The topological polar surface area (TPSA) is 58.6 Å². The number of benzene rings is 1. The van der Waals surface area contributed by atoms with Gasteiger partial charge >= 0.3 is 6.03 Å². The normalized spacial score (nSPS) is 13.9. The summed E-state index contributed by atoms with van der Waals surface area (Å²) in [5, 5.41) is 0. The molecular weight excluding hydrogens is 340 g/mol. The fourth-order valence-corrected chi connectivity index (χ4v) is 3.30. The first-order chi connectivity index (χ1) is 13.3. The van der Waals surface area contributed by atoms with Crippen LogP contribution in [0.25, 0.3) is 11.1 Å². The van der Waals surface area contributed by atoms with Gasteiger partial charge in [0.1, 0.15) is 5.75 Å². The zero-order valence-electron chi connectivity index (χ0n) is 15.1. The predicted molar refractivity (Wildman–Crippen MR) is 104 cm³/mol. The van der Waals surface area contributed by atoms with E-state index in [0.29, 0.717) is 19.6 Å². The zero-order chi connectivity index (χ0) is 18.6. The minimum absolute atomic E-state index is 0.00225. The minimum atomic E-state index is -0.00225. The molecule has 4 rings (SSSR count). The maximum absolute atomic E-state index is 12.8. The molecule has 2 amide bonds. The van der Waals surface area contributed by atoms with E-state index in [9.17, 15) is 4.79 Å². The van der Waals surface area contributed by atoms with Crippen LogP contribution in [0.1, 0.15) is 5.56 Å². The quantitative estimate of drug-likeness (QED) is 0.698. The molecule has 27 heavy (non-hydrogen) atoms. The van der Waals surface area contributed by atoms with Crippen LogP contribution in [-0.2, 0) is 6.54 Å². The van der Waals surface area contributed by atoms with Gasteiger partial charge in [-0.25, -0.2) is 4.79 Å². The monoisotopic (exact) mass is 360 g/mol. The van der Waals surface area contributed by atoms with Gasteiger partial charge in [-0.2, -0.15) is 0 Å². The fraction of sp³-hybridized carbons (Fsp3) is 0.190. The highest BCUT2D eigenvalue weighted by atomic mass is 16.5. The number of rotatable bonds is 5. The molecule has 0 radical (unpaired) electrons. The Morgan fingerprint density at radius 1 is 1.04 bits per heavy atom. The average Bonchev–Trinajstić information content (AvgIpc) is 3.09. The first kappa shape index (κ1) is 17.0. The molecule has 1 saturated heterocycles. The Morgan fingerprint density at radius 2 is 1.89 bits per heavy atom. The molecule has 3 heterocycles. The van der Waals surface area contributed by atoms with E-state index in [1.165, 1.54) is 0 Å². The van der Waals surface area contributed by atoms with Crippen molar-refractivity contribution in [1.29, 1.82) is 0 Å². The first-order valence-corrected chi connectivity index (χ1v) is 8.80. The van der Waals surface area contributed by atoms with Crippen LogP contribution in [-0.4, -0.2) is 41.1 Å². The van der Waals surface area contributed by atoms with Crippen LogP contribution < -0.4 is 9.64 Å². The number of anilines is 1. The summed E-state index contributed by atoms with van der Waals surface area (Å²) in [7, 11) is 1.64. The molecule has 3 aromatic rings. The number of amides is 2. The Morgan fingerprint density at radius 3 is 2.63 bits per heavy atom. The number of pyridine rings is 2. The lowest BCUT2D eigenvalue weighted by molar-refractivity contribution is 0.218. The summed E-state index contributed by atoms with van der Waals surface area (Å²) in [5.74, 6) is 0.734. The minimum Gasteiger partial charge on any atom is -0.496 e. The molecule has 6 heteroatoms. The van der Waals surface area contributed by atoms with E-state index >= 15 is 0 Å². The Balaban J connectivity index is 1.56. The highest BCUT2D eigenvalue weighted by Gasteiger charge is 2.30. The second-order valence-corrected chi connectivity index (χ2v) is 6.34. The van der Waals surface area contributed by atoms with Gasteiger partial charge in [0.2, 0.25) is 0 Å². The second-order valence-electron chi connectivity index (χ2n) is 6.34. The summed E-state index contributed by atoms with van der Waals surface area (Å²) in [4.78, 5) is 24.6. The molecule has 0 atom stereocenters. The number of nitrogens with zero attached hydrogens (tertiary/aromatic N) is 4. The number of hydrogen-bond acceptors (Lipinski definition) is 4. The number of carbonyl (C=O) groups excluding carboxylic acids is 1. The molecule has 0 saturated carbocycles. The van der Waals surface area contributed by atoms with Crippen LogP contribution in [0, 0.1) is 0 Å². The Bertz CT molecular complexity index is 931. The Kier molecular flexibility index (Phi) is 4.70. The molecule has 136 valence electrons. The smallest absolute Gasteiger partial charge is 0.324 e. The molecule has 1 aromatic carbocycles. The van der Waals surface area contributed by atoms with E-state index in [4.69, 9.17) is 4.74 Å². The first-order valence-electron chi connectivity index (χ1n) is 8.80. The van der Waals surface area contributed by atoms with E-state index in [1.54, 1.807) is 36.8 Å². The molecule has 0 N–H and O–H groups in total. The second kappa shape index (κ2) is 7.45. The predicted octanol–water partition coefficient (Wildman–Crippen LogP) is 3.59. The zero-order valence-corrected chi connectivity index (χ0v) is 15.1. The largest absolute Gasteiger partial charge is 0.496 e. The molecule has 0 spiro atoms. The molecule has 1 aliphatic rings. The average molecular weight is 360 g/mol. The number of ether oxygens (including phenoxy) is 1. The standard InChI is InChI=1S/C21H20N4O2/c1-27-20-13-18(4-5-19(20)17-6-9-22-10-7-17)25-12-11-24(21(25)26)15-16-3-2-8-23-14-16/h2-10,13-14H,11-12,15H2,1H3. The van der Waals surface area contributed by atoms with Crippen molar-refractivity contribution in [3.63, 3.8) is 0 Å². The van der Waals surface area contributed by atoms with Crippen LogP contribution >= 0.6 is 0 Å². The van der Waals surface area contributed by atoms with Crippen molar-refractivity contribution < 1.29 is 9.53 Å². The summed E-state index contributed by atoms with van der Waals surface area (Å²) in [6, 6.07) is 13.6. The molecule has 0 bridgehead atoms. The third-order valence-corrected chi connectivity index (χ3v) is 4.68. The van der Waals surface area contributed by atoms with Gasteiger partial charge in [0.05, 0.1) is 7.11 Å². The number of methoxy groups -OCH3 is 1. The lowest BCUT2D eigenvalue weighted by Crippen LogP contribution is -2.31. The van der Waals surface area contributed by atoms with Gasteiger partial charge in [0.25, 0.3) is 0 Å². The van der Waals surface area contributed by atoms with Gasteiger partial charge in [-0.05, 0) is 41.5 Å². The van der Waals surface area contributed by atoms with Gasteiger partial charge in [0, 0.05) is 61.7 Å². The molecular formula is C21H20N4O2. The van der Waals surface area contributed by atoms with Gasteiger partial charge in [-0.15, -0.1) is 0 Å². The number of urea groups is 1. The lowest BCUT2D eigenvalue weighted by Gasteiger charge is -2.20. The molecule has 1 aliphatic heterocycles. The number of carbonyl (C=O) groups is 1. The van der Waals surface area contributed by atoms with Crippen LogP contribution in [0.4, 0.5) is 10.5 Å². The highest BCUT2D eigenvalue weighted by Crippen LogP contribution is 2.34. The van der Waals surface area contributed by atoms with Crippen molar-refractivity contribution in [3.05, 3.63) is 72.8 Å². The van der Waals surface area contributed by atoms with Gasteiger partial charge < -0.3 is 9.64 Å². The molecule has 0 unspecified atom stereocenters. The van der Waals surface area contributed by atoms with E-state index in [0.717, 1.165) is 28.1 Å². The van der Waals surface area contributed by atoms with Crippen molar-refractivity contribution in [2.24, 2.45) is 0 Å². The molecule has 6 nitrogen and oxygen atoms in total. The molecule has 0 aliphatic carbocycles. The summed E-state index contributed by atoms with van der Waals surface area (Å²) in [6.45, 7) is 1.90. The summed E-state index contributed by atoms with van der Waals surface area (Å²) >= 11 is 0. The summed E-state index contributed by atoms with van der Waals surface area (Å²) in [5.41, 5.74) is 3.86. The van der Waals surface area contributed by atoms with Gasteiger partial charge in [-0.1, -0.05) is 6.07 Å². The van der Waals surface area contributed by atoms with Crippen LogP contribution in [0.3, 0.4) is 0 Å². The van der Waals surface area contributed by atoms with Crippen molar-refractivity contribution in [2.75, 3.05) is 25.1 Å². The fourth-order valence-electron chi connectivity index (χ4n) is 3.30. The SMILES string of the molecule is COc1cc(N2CCN(Cc3cccnc3)C2=O)ccc1-c1ccncc1. The van der Waals surface area contributed by atoms with Gasteiger partial charge in [-0.3, -0.25) is 14.9 Å². The maximum atomic E-state index is 12.8. The third-order valence-electron chi connectivity index (χ3n) is 4.68. The van der Waals surface area contributed by atoms with Crippen molar-refractivity contribution in [2.45, 2.75) is 6.54 Å². The van der Waals surface area contributed by atoms with Crippen molar-refractivity contribution in [3.8, 4) is 16.9 Å². The Hall–Kier alpha value is -3.41. The van der Waals surface area contributed by atoms with E-state index in [2.05, 4.69) is 9.97 Å². The van der Waals surface area contributed by atoms with Crippen molar-refractivity contribution in [1.82, 2.24) is 14.9 Å². The Labute approximate surface area is 158 Å². The maximum Gasteiger partial charge on any atom is 0.324 e. The van der Waals surface area contributed by atoms with E-state index in [-0.39, 0.29) is 6.03 Å². The lowest BCUT2D eigenvalue weighted by atomic mass is 10.1. The van der Waals surface area contributed by atoms with Crippen molar-refractivity contribution >= 4 is 11.7 Å². The number of aromatic nitrogens is 2. The molecule has 1 fully saturated rings. The number of hydrogen-bond donors (Lipinski definition) is 0. The summed E-state index contributed by atoms with van der Waals surface area (Å²) < 4.78 is 5.58. The highest BCUT2D eigenvalue weighted by molar-refractivity contribution is 5.95. The van der Waals surface area contributed by atoms with Gasteiger partial charge in [0.15, 0.2) is 0 Å².